The Morgan fingerprint density at radius 3 is 0.487 bits per heavy atom. The quantitative estimate of drug-likeness (QED) is 0.0315. The zero-order valence-corrected chi connectivity index (χ0v) is 99.2. The van der Waals surface area contributed by atoms with Crippen molar-refractivity contribution in [1.29, 1.82) is 0 Å². The fraction of sp³-hybridized carbons (Fsp3) is 1.00. The van der Waals surface area contributed by atoms with Gasteiger partial charge in [-0.1, -0.05) is 0 Å². The van der Waals surface area contributed by atoms with E-state index in [-0.39, 0.29) is 414 Å². The summed E-state index contributed by atoms with van der Waals surface area (Å²) in [6.45, 7) is -10.1. The van der Waals surface area contributed by atoms with E-state index in [4.69, 9.17) is 33.2 Å². The Hall–Kier alpha value is 11.9. The Morgan fingerprint density at radius 2 is 0.304 bits per heavy atom. The molecule has 0 aromatic rings. The predicted octanol–water partition coefficient (Wildman–Crippen LogP) is -58.9. The van der Waals surface area contributed by atoms with Crippen LogP contribution in [0.5, 0.6) is 0 Å². The zero-order valence-electron chi connectivity index (χ0n) is 59.8. The molecule has 0 N–H and O–H groups in total. The molecule has 0 spiro atoms. The summed E-state index contributed by atoms with van der Waals surface area (Å²) in [5.41, 5.74) is 0. The maximum Gasteiger partial charge on any atom is 1.00 e. The Labute approximate surface area is 962 Å². The van der Waals surface area contributed by atoms with Crippen molar-refractivity contribution in [3.63, 3.8) is 0 Å². The van der Waals surface area contributed by atoms with E-state index in [1.54, 1.807) is 0 Å². The SMILES string of the molecule is O=S(=O)([O-])OC[C@H]1O[C@H](O[C@@H]2[C@H](OS(=O)(=O)[O-])[C@@H](O[C@@H]3C(OS(=O)(=O)[O-])O[C@H](COS(=O)(=O)[O-])[C@@H](OS(=O)(=O)[O-])[C@@H]3OS(=O)(=O)[O-])O[C@H](COS(=O)(=O)[O-])[C@H]2OS(=O)(=O)[O-])[C@@H](OS(=O)(=O)[O-])[C@@H](O[C@H]2O[C@H](COS(=O)(=O)[O-])[C@@H](OS(=O)(=O)[O-])[C@H](OS(=O)(=O)[O-])[C@@H]2OS(=O)(=O)[O-])[C@@H]1OS(=O)(=O)[O-].[Na+].[Na+].[Na+].[Na+].[Na+].[Na+].[Na+].[Na+].[Na+].[Na+].[Na+].[Na+].[Na+].[Na+]. The van der Waals surface area contributed by atoms with Gasteiger partial charge in [-0.2, -0.15) is 0 Å². The molecule has 4 rings (SSSR count). The van der Waals surface area contributed by atoms with Gasteiger partial charge in [-0.05, 0) is 0 Å². The smallest absolute Gasteiger partial charge is 0.726 e. The molecule has 0 saturated carbocycles. The van der Waals surface area contributed by atoms with Crippen molar-refractivity contribution in [3.8, 4) is 0 Å². The standard InChI is InChI=1S/C24H42O63S14.14Na/c25-88(26,27)67-1-5-9(78-92(37,38)39)13(76-23-20(86-100(61,62)63)16(83-97(52,53)54)12(81-95(46,47)48)7(73-23)3-69-90(31,32)33)18(84-98(55,56)57)21(71-5)75-14-10(79-93(40,41)42)6(2-68-89(28,29)30)72-22(19(14)85-99(58,59)60)77-17-15(82-96(49,50)51)11(80-94(43,44)45)8(4-70-91(34,35)36)74-24(17)87-101(64,65)66;;;;;;;;;;;;;;/h5-24H,1-4H2,(H,25,26,27)(H,28,29,30)(H,31,32,33)(H,34,35,36)(H,37,38,39)(H,40,41,42)(H,43,44,45)(H,46,47,48)(H,49,50,51)(H,52,53,54)(H,55,56,57)(H,58,59,60)(H,61,62,63)(H,64,65,66);;;;;;;;;;;;;;/q;14*+1/p-14/t5-,6-,7-,8-,9-,10-,11-,12-,13+,14+,15+,16+,17+,18+,19+,20+,21-,22-,23-,24?;;;;;;;;;;;;;;/m1............../s1. The third-order valence-corrected chi connectivity index (χ3v) is 17.3. The van der Waals surface area contributed by atoms with Crippen LogP contribution in [0.1, 0.15) is 0 Å². The largest absolute Gasteiger partial charge is 1.00 e. The molecule has 0 aromatic carbocycles. The van der Waals surface area contributed by atoms with Crippen molar-refractivity contribution in [3.05, 3.63) is 0 Å². The molecule has 0 bridgehead atoms. The second kappa shape index (κ2) is 60.0. The maximum absolute atomic E-state index is 12.7. The first-order chi connectivity index (χ1) is 44.7. The van der Waals surface area contributed by atoms with Crippen LogP contribution < -0.4 is 414 Å². The van der Waals surface area contributed by atoms with Crippen LogP contribution in [-0.2, 0) is 237 Å². The first-order valence-corrected chi connectivity index (χ1v) is 41.8. The van der Waals surface area contributed by atoms with Gasteiger partial charge in [-0.3, -0.25) is 54.4 Å². The fourth-order valence-corrected chi connectivity index (χ4v) is 14.3. The molecule has 0 radical (unpaired) electrons. The summed E-state index contributed by atoms with van der Waals surface area (Å²) < 4.78 is 599. The summed E-state index contributed by atoms with van der Waals surface area (Å²) >= 11 is 0. The molecule has 91 heteroatoms. The molecule has 20 atom stereocenters. The van der Waals surface area contributed by atoms with Crippen LogP contribution in [0.15, 0.2) is 0 Å². The summed E-state index contributed by atoms with van der Waals surface area (Å²) in [5.74, 6) is 0. The van der Waals surface area contributed by atoms with Crippen molar-refractivity contribution in [1.82, 2.24) is 0 Å². The minimum absolute atomic E-state index is 0. The number of hydrogen-bond acceptors (Lipinski definition) is 63. The van der Waals surface area contributed by atoms with Gasteiger partial charge in [-0.15, -0.1) is 0 Å². The van der Waals surface area contributed by atoms with Crippen LogP contribution in [0.4, 0.5) is 0 Å². The summed E-state index contributed by atoms with van der Waals surface area (Å²) in [7, 11) is -95.9. The molecule has 600 valence electrons. The zero-order chi connectivity index (χ0) is 78.2. The van der Waals surface area contributed by atoms with E-state index >= 15 is 0 Å². The molecule has 4 fully saturated rings. The number of ether oxygens (including phenoxy) is 7. The van der Waals surface area contributed by atoms with Crippen LogP contribution in [-0.4, -0.2) is 331 Å². The van der Waals surface area contributed by atoms with Gasteiger partial charge in [0.15, 0.2) is 37.2 Å². The Morgan fingerprint density at radius 1 is 0.165 bits per heavy atom. The predicted molar refractivity (Wildman–Crippen MR) is 254 cm³/mol. The third-order valence-electron chi connectivity index (χ3n) is 11.0. The van der Waals surface area contributed by atoms with E-state index < -0.39 is 295 Å². The molecule has 4 aliphatic rings. The van der Waals surface area contributed by atoms with Gasteiger partial charge in [0, 0.05) is 0 Å². The molecule has 0 amide bonds. The van der Waals surface area contributed by atoms with E-state index in [9.17, 15) is 182 Å². The molecule has 0 aliphatic carbocycles. The van der Waals surface area contributed by atoms with Gasteiger partial charge in [0.1, 0.15) is 79.4 Å². The topological polar surface area (TPSA) is 995 Å². The maximum atomic E-state index is 12.7. The minimum Gasteiger partial charge on any atom is -0.726 e. The molecule has 4 aliphatic heterocycles. The Balaban J connectivity index is -0.000000858. The van der Waals surface area contributed by atoms with Crippen LogP contribution in [0.2, 0.25) is 0 Å². The average Bonchev–Trinajstić information content (AvgIpc) is 0.751. The number of hydrogen-bond donors (Lipinski definition) is 0. The van der Waals surface area contributed by atoms with Crippen LogP contribution in [0.25, 0.3) is 0 Å². The molecule has 115 heavy (non-hydrogen) atoms. The fourth-order valence-electron chi connectivity index (χ4n) is 8.31. The summed E-state index contributed by atoms with van der Waals surface area (Å²) in [4.78, 5) is 0. The van der Waals surface area contributed by atoms with Crippen LogP contribution >= 0.6 is 0 Å². The normalized spacial score (nSPS) is 28.5. The van der Waals surface area contributed by atoms with Gasteiger partial charge in [0.05, 0.1) is 26.4 Å². The van der Waals surface area contributed by atoms with Gasteiger partial charge in [0.2, 0.25) is 152 Å². The molecule has 63 nitrogen and oxygen atoms in total. The monoisotopic (exact) mass is 2090 g/mol. The van der Waals surface area contributed by atoms with Crippen LogP contribution in [0.3, 0.4) is 0 Å². The first-order valence-electron chi connectivity index (χ1n) is 23.1. The van der Waals surface area contributed by atoms with Crippen molar-refractivity contribution < 1.29 is 687 Å². The number of rotatable bonds is 38. The summed E-state index contributed by atoms with van der Waals surface area (Å²) in [6.07, 6.45) is -79.7. The van der Waals surface area contributed by atoms with Gasteiger partial charge in [0.25, 0.3) is 0 Å². The van der Waals surface area contributed by atoms with Crippen molar-refractivity contribution in [2.75, 3.05) is 26.4 Å². The minimum atomic E-state index is -7.27. The van der Waals surface area contributed by atoms with Crippen molar-refractivity contribution >= 4 is 146 Å². The third kappa shape index (κ3) is 61.1. The van der Waals surface area contributed by atoms with E-state index in [1.165, 1.54) is 0 Å². The molecule has 1 unspecified atom stereocenters. The van der Waals surface area contributed by atoms with Crippen molar-refractivity contribution in [2.24, 2.45) is 0 Å². The van der Waals surface area contributed by atoms with Crippen LogP contribution in [0, 0.1) is 0 Å². The molecular formula is C24H28Na14O63S14. The van der Waals surface area contributed by atoms with Crippen molar-refractivity contribution in [2.45, 2.75) is 123 Å². The second-order valence-corrected chi connectivity index (χ2v) is 32.3. The van der Waals surface area contributed by atoms with E-state index in [2.05, 4.69) is 58.6 Å². The first kappa shape index (κ1) is 150. The van der Waals surface area contributed by atoms with E-state index in [0.717, 1.165) is 0 Å². The van der Waals surface area contributed by atoms with Gasteiger partial charge >= 0.3 is 414 Å². The molecular weight excluding hydrogens is 2070 g/mol. The van der Waals surface area contributed by atoms with Gasteiger partial charge in [-0.25, -0.2) is 122 Å². The van der Waals surface area contributed by atoms with Gasteiger partial charge < -0.3 is 96.9 Å². The summed E-state index contributed by atoms with van der Waals surface area (Å²) in [6, 6.07) is 0. The molecule has 0 aromatic heterocycles. The second-order valence-electron chi connectivity index (χ2n) is 18.0. The average molecular weight is 2100 g/mol. The molecule has 4 saturated heterocycles. The van der Waals surface area contributed by atoms with E-state index in [0.29, 0.717) is 0 Å². The summed E-state index contributed by atoms with van der Waals surface area (Å²) in [5, 5.41) is 0. The van der Waals surface area contributed by atoms with E-state index in [1.807, 2.05) is 0 Å². The molecule has 4 heterocycles. The Bertz CT molecular complexity index is 4670. The Kier molecular flexibility index (Phi) is 78.1.